The molecule has 0 heterocycles. The lowest BCUT2D eigenvalue weighted by Crippen LogP contribution is -2.09. The third kappa shape index (κ3) is 5.63. The first-order valence-corrected chi connectivity index (χ1v) is 19.7. The topological polar surface area (TPSA) is 3.24 Å². The van der Waals surface area contributed by atoms with E-state index in [1.54, 1.807) is 0 Å². The van der Waals surface area contributed by atoms with Crippen LogP contribution >= 0.6 is 0 Å². The molecule has 1 nitrogen and oxygen atoms in total. The molecule has 0 atom stereocenters. The molecule has 11 aromatic carbocycles. The van der Waals surface area contributed by atoms with E-state index < -0.39 is 0 Å². The minimum absolute atomic E-state index is 1.10. The van der Waals surface area contributed by atoms with Crippen molar-refractivity contribution in [3.63, 3.8) is 0 Å². The molecule has 0 fully saturated rings. The number of hydrogen-bond acceptors (Lipinski definition) is 1. The van der Waals surface area contributed by atoms with Crippen LogP contribution in [0.5, 0.6) is 0 Å². The van der Waals surface area contributed by atoms with Gasteiger partial charge in [-0.2, -0.15) is 0 Å². The molecular formula is C56H37N. The lowest BCUT2D eigenvalue weighted by molar-refractivity contribution is 1.28. The van der Waals surface area contributed by atoms with Crippen LogP contribution in [-0.2, 0) is 0 Å². The van der Waals surface area contributed by atoms with Gasteiger partial charge in [0, 0.05) is 17.1 Å². The van der Waals surface area contributed by atoms with Crippen LogP contribution in [0.1, 0.15) is 0 Å². The monoisotopic (exact) mass is 723 g/mol. The summed E-state index contributed by atoms with van der Waals surface area (Å²) in [5, 5.41) is 12.7. The van der Waals surface area contributed by atoms with Gasteiger partial charge in [-0.15, -0.1) is 0 Å². The van der Waals surface area contributed by atoms with Crippen molar-refractivity contribution in [3.8, 4) is 33.4 Å². The molecule has 0 aromatic heterocycles. The lowest BCUT2D eigenvalue weighted by atomic mass is 9.86. The first-order valence-electron chi connectivity index (χ1n) is 19.7. The molecule has 0 aliphatic heterocycles. The normalized spacial score (nSPS) is 11.5. The summed E-state index contributed by atoms with van der Waals surface area (Å²) in [5.41, 5.74) is 10.7. The van der Waals surface area contributed by atoms with Gasteiger partial charge in [0.25, 0.3) is 0 Å². The average Bonchev–Trinajstić information content (AvgIpc) is 3.29. The Labute approximate surface area is 332 Å². The summed E-state index contributed by atoms with van der Waals surface area (Å²) < 4.78 is 0. The van der Waals surface area contributed by atoms with Crippen molar-refractivity contribution >= 4 is 70.9 Å². The maximum atomic E-state index is 2.39. The molecule has 0 spiro atoms. The van der Waals surface area contributed by atoms with Crippen LogP contribution in [0.2, 0.25) is 0 Å². The van der Waals surface area contributed by atoms with Gasteiger partial charge in [-0.1, -0.05) is 176 Å². The van der Waals surface area contributed by atoms with Gasteiger partial charge in [-0.25, -0.2) is 0 Å². The van der Waals surface area contributed by atoms with Crippen LogP contribution < -0.4 is 4.90 Å². The second kappa shape index (κ2) is 13.7. The molecule has 0 saturated heterocycles. The van der Waals surface area contributed by atoms with Gasteiger partial charge in [0.1, 0.15) is 0 Å². The number of nitrogens with zero attached hydrogens (tertiary/aromatic N) is 1. The Hall–Kier alpha value is -7.48. The SMILES string of the molecule is c1ccc(N(c2ccc(-c3ccc4ccccc4c3-c3cc4ccccc4c4ccccc34)cc2)c2ccc(-c3cc4ccccc4c4ccccc34)cc2)cc1. The largest absolute Gasteiger partial charge is 0.311 e. The Morgan fingerprint density at radius 2 is 0.632 bits per heavy atom. The van der Waals surface area contributed by atoms with E-state index in [1.165, 1.54) is 87.2 Å². The van der Waals surface area contributed by atoms with Crippen LogP contribution in [0.4, 0.5) is 17.1 Å². The number of benzene rings is 11. The molecule has 0 aliphatic carbocycles. The predicted octanol–water partition coefficient (Wildman–Crippen LogP) is 15.9. The quantitative estimate of drug-likeness (QED) is 0.154. The lowest BCUT2D eigenvalue weighted by Gasteiger charge is -2.26. The molecule has 0 unspecified atom stereocenters. The first-order chi connectivity index (χ1) is 28.3. The fourth-order valence-electron chi connectivity index (χ4n) is 8.96. The van der Waals surface area contributed by atoms with Crippen molar-refractivity contribution in [1.29, 1.82) is 0 Å². The van der Waals surface area contributed by atoms with Gasteiger partial charge in [-0.05, 0) is 136 Å². The van der Waals surface area contributed by atoms with Crippen molar-refractivity contribution in [2.24, 2.45) is 0 Å². The summed E-state index contributed by atoms with van der Waals surface area (Å²) in [6.45, 7) is 0. The summed E-state index contributed by atoms with van der Waals surface area (Å²) in [4.78, 5) is 2.35. The number of hydrogen-bond donors (Lipinski definition) is 0. The van der Waals surface area contributed by atoms with Crippen LogP contribution in [0.3, 0.4) is 0 Å². The molecule has 11 aromatic rings. The fourth-order valence-corrected chi connectivity index (χ4v) is 8.96. The maximum Gasteiger partial charge on any atom is 0.0462 e. The number of rotatable bonds is 6. The van der Waals surface area contributed by atoms with Gasteiger partial charge in [-0.3, -0.25) is 0 Å². The van der Waals surface area contributed by atoms with Crippen molar-refractivity contribution in [1.82, 2.24) is 0 Å². The van der Waals surface area contributed by atoms with E-state index >= 15 is 0 Å². The molecule has 0 radical (unpaired) electrons. The molecule has 1 heteroatoms. The van der Waals surface area contributed by atoms with Crippen molar-refractivity contribution in [2.45, 2.75) is 0 Å². The molecule has 0 aliphatic rings. The second-order valence-electron chi connectivity index (χ2n) is 14.9. The Morgan fingerprint density at radius 1 is 0.228 bits per heavy atom. The summed E-state index contributed by atoms with van der Waals surface area (Å²) in [5.74, 6) is 0. The molecule has 0 saturated carbocycles. The van der Waals surface area contributed by atoms with E-state index in [2.05, 4.69) is 229 Å². The Balaban J connectivity index is 1.03. The summed E-state index contributed by atoms with van der Waals surface area (Å²) >= 11 is 0. The van der Waals surface area contributed by atoms with E-state index in [4.69, 9.17) is 0 Å². The van der Waals surface area contributed by atoms with Gasteiger partial charge < -0.3 is 4.90 Å². The highest BCUT2D eigenvalue weighted by molar-refractivity contribution is 6.18. The Bertz CT molecular complexity index is 3270. The van der Waals surface area contributed by atoms with Crippen LogP contribution in [0.25, 0.3) is 87.2 Å². The third-order valence-electron chi connectivity index (χ3n) is 11.6. The molecular weight excluding hydrogens is 687 g/mol. The van der Waals surface area contributed by atoms with E-state index in [0.717, 1.165) is 17.1 Å². The van der Waals surface area contributed by atoms with E-state index in [1.807, 2.05) is 0 Å². The summed E-state index contributed by atoms with van der Waals surface area (Å²) in [6, 6.07) is 82.0. The van der Waals surface area contributed by atoms with Gasteiger partial charge >= 0.3 is 0 Å². The van der Waals surface area contributed by atoms with Crippen molar-refractivity contribution in [2.75, 3.05) is 4.90 Å². The zero-order chi connectivity index (χ0) is 37.7. The second-order valence-corrected chi connectivity index (χ2v) is 14.9. The first kappa shape index (κ1) is 32.9. The maximum absolute atomic E-state index is 2.39. The van der Waals surface area contributed by atoms with E-state index in [-0.39, 0.29) is 0 Å². The standard InChI is InChI=1S/C56H37N/c1-2-17-43(18-3-1)57(45-33-28-40(29-34-45)54-36-41-15-5-7-19-46(41)50-22-10-12-24-52(50)54)44-31-26-39(27-32-44)49-35-30-38-14-4-9-21-48(38)56(49)55-37-42-16-6-8-20-47(42)51-23-11-13-25-53(51)55/h1-37H. The highest BCUT2D eigenvalue weighted by Crippen LogP contribution is 2.45. The Kier molecular flexibility index (Phi) is 7.89. The van der Waals surface area contributed by atoms with Crippen LogP contribution in [0.15, 0.2) is 224 Å². The summed E-state index contributed by atoms with van der Waals surface area (Å²) in [6.07, 6.45) is 0. The Morgan fingerprint density at radius 3 is 1.21 bits per heavy atom. The minimum atomic E-state index is 1.10. The highest BCUT2D eigenvalue weighted by Gasteiger charge is 2.18. The number of anilines is 3. The molecule has 0 N–H and O–H groups in total. The van der Waals surface area contributed by atoms with Gasteiger partial charge in [0.05, 0.1) is 0 Å². The predicted molar refractivity (Wildman–Crippen MR) is 245 cm³/mol. The van der Waals surface area contributed by atoms with Crippen molar-refractivity contribution in [3.05, 3.63) is 224 Å². The van der Waals surface area contributed by atoms with Gasteiger partial charge in [0.2, 0.25) is 0 Å². The molecule has 57 heavy (non-hydrogen) atoms. The van der Waals surface area contributed by atoms with Gasteiger partial charge in [0.15, 0.2) is 0 Å². The smallest absolute Gasteiger partial charge is 0.0462 e. The highest BCUT2D eigenvalue weighted by atomic mass is 15.1. The van der Waals surface area contributed by atoms with Crippen LogP contribution in [-0.4, -0.2) is 0 Å². The number of fused-ring (bicyclic) bond motifs is 7. The zero-order valence-corrected chi connectivity index (χ0v) is 31.3. The summed E-state index contributed by atoms with van der Waals surface area (Å²) in [7, 11) is 0. The fraction of sp³-hybridized carbons (Fsp3) is 0. The average molecular weight is 724 g/mol. The molecule has 11 rings (SSSR count). The van der Waals surface area contributed by atoms with Crippen molar-refractivity contribution < 1.29 is 0 Å². The third-order valence-corrected chi connectivity index (χ3v) is 11.6. The van der Waals surface area contributed by atoms with E-state index in [0.29, 0.717) is 0 Å². The molecule has 266 valence electrons. The van der Waals surface area contributed by atoms with Crippen LogP contribution in [0, 0.1) is 0 Å². The minimum Gasteiger partial charge on any atom is -0.311 e. The zero-order valence-electron chi connectivity index (χ0n) is 31.3. The molecule has 0 amide bonds. The number of para-hydroxylation sites is 1. The molecule has 0 bridgehead atoms. The van der Waals surface area contributed by atoms with E-state index in [9.17, 15) is 0 Å².